The molecule has 8 heteroatoms. The zero-order valence-corrected chi connectivity index (χ0v) is 25.8. The van der Waals surface area contributed by atoms with Crippen LogP contribution in [-0.2, 0) is 14.1 Å². The van der Waals surface area contributed by atoms with E-state index in [0.29, 0.717) is 5.82 Å². The summed E-state index contributed by atoms with van der Waals surface area (Å²) in [6.45, 7) is 0. The van der Waals surface area contributed by atoms with Crippen LogP contribution in [0, 0.1) is 22.7 Å². The van der Waals surface area contributed by atoms with Crippen LogP contribution in [0.15, 0.2) is 72.8 Å². The van der Waals surface area contributed by atoms with Crippen LogP contribution in [0.25, 0.3) is 46.8 Å². The molecule has 0 aliphatic carbocycles. The molecule has 0 aliphatic rings. The topological polar surface area (TPSA) is 89.7 Å². The molecule has 0 spiro atoms. The summed E-state index contributed by atoms with van der Waals surface area (Å²) in [6, 6.07) is 29.2. The molecule has 0 saturated heterocycles. The molecule has 2 aromatic heterocycles. The van der Waals surface area contributed by atoms with Gasteiger partial charge in [0.1, 0.15) is 23.8 Å². The Morgan fingerprint density at radius 1 is 0.591 bits per heavy atom. The minimum absolute atomic E-state index is 0.131. The minimum atomic E-state index is 0.131. The van der Waals surface area contributed by atoms with Gasteiger partial charge in [0.25, 0.3) is 0 Å². The van der Waals surface area contributed by atoms with Crippen LogP contribution in [0.2, 0.25) is 0 Å². The van der Waals surface area contributed by atoms with Gasteiger partial charge in [-0.1, -0.05) is 60.7 Å². The summed E-state index contributed by atoms with van der Waals surface area (Å²) in [4.78, 5) is 13.5. The van der Waals surface area contributed by atoms with Crippen LogP contribution in [0.3, 0.4) is 0 Å². The first kappa shape index (κ1) is 29.6. The molecule has 0 saturated carbocycles. The molecule has 5 aromatic rings. The van der Waals surface area contributed by atoms with E-state index in [2.05, 4.69) is 81.0 Å². The van der Waals surface area contributed by atoms with E-state index in [1.807, 2.05) is 76.7 Å². The molecule has 0 radical (unpaired) electrons. The van der Waals surface area contributed by atoms with Gasteiger partial charge in [0.15, 0.2) is 11.4 Å². The Hall–Kier alpha value is -5.86. The number of nitrogens with zero attached hydrogens (tertiary/aromatic N) is 8. The van der Waals surface area contributed by atoms with Gasteiger partial charge in [-0.15, -0.1) is 0 Å². The minimum Gasteiger partial charge on any atom is -0.378 e. The average molecular weight is 579 g/mol. The Bertz CT molecular complexity index is 1920. The van der Waals surface area contributed by atoms with E-state index >= 15 is 0 Å². The third kappa shape index (κ3) is 6.01. The fourth-order valence-corrected chi connectivity index (χ4v) is 4.96. The highest BCUT2D eigenvalue weighted by molar-refractivity contribution is 5.83. The molecule has 2 heterocycles. The second-order valence-corrected chi connectivity index (χ2v) is 10.9. The lowest BCUT2D eigenvalue weighted by atomic mass is 10.0. The van der Waals surface area contributed by atoms with Crippen molar-refractivity contribution < 1.29 is 0 Å². The molecule has 0 unspecified atom stereocenters. The molecule has 0 amide bonds. The lowest BCUT2D eigenvalue weighted by Crippen LogP contribution is -2.08. The van der Waals surface area contributed by atoms with Gasteiger partial charge in [-0.2, -0.15) is 10.5 Å². The number of nitriles is 2. The fraction of sp³-hybridized carbons (Fsp3) is 0.167. The third-order valence-corrected chi connectivity index (χ3v) is 7.57. The van der Waals surface area contributed by atoms with Crippen LogP contribution >= 0.6 is 0 Å². The van der Waals surface area contributed by atoms with Gasteiger partial charge < -0.3 is 18.9 Å². The first-order chi connectivity index (χ1) is 21.2. The Morgan fingerprint density at radius 2 is 1.07 bits per heavy atom. The number of aromatic nitrogens is 4. The molecule has 0 bridgehead atoms. The highest BCUT2D eigenvalue weighted by Crippen LogP contribution is 2.34. The molecule has 0 atom stereocenters. The maximum absolute atomic E-state index is 9.30. The number of hydrogen-bond acceptors (Lipinski definition) is 6. The van der Waals surface area contributed by atoms with Crippen LogP contribution in [0.1, 0.15) is 34.2 Å². The molecule has 218 valence electrons. The number of hydrogen-bond donors (Lipinski definition) is 0. The van der Waals surface area contributed by atoms with E-state index in [1.54, 1.807) is 17.7 Å². The Kier molecular flexibility index (Phi) is 8.46. The van der Waals surface area contributed by atoms with Crippen LogP contribution in [-0.4, -0.2) is 47.3 Å². The van der Waals surface area contributed by atoms with Crippen molar-refractivity contribution in [1.82, 2.24) is 19.1 Å². The van der Waals surface area contributed by atoms with Gasteiger partial charge in [0.05, 0.1) is 11.4 Å². The second-order valence-electron chi connectivity index (χ2n) is 10.9. The molecule has 5 rings (SSSR count). The van der Waals surface area contributed by atoms with Crippen molar-refractivity contribution >= 4 is 35.7 Å². The van der Waals surface area contributed by atoms with Crippen LogP contribution < -0.4 is 9.80 Å². The molecule has 0 aliphatic heterocycles. The average Bonchev–Trinajstić information content (AvgIpc) is 3.54. The molecular formula is C36H34N8. The molecule has 3 aromatic carbocycles. The zero-order valence-electron chi connectivity index (χ0n) is 25.8. The van der Waals surface area contributed by atoms with E-state index in [4.69, 9.17) is 4.98 Å². The highest BCUT2D eigenvalue weighted by atomic mass is 15.1. The van der Waals surface area contributed by atoms with Crippen molar-refractivity contribution in [2.45, 2.75) is 0 Å². The SMILES string of the molecule is CN(C)c1ccc(-c2nc(/C=C/c3ccc(/C=C/c4nc(C#N)c(C#N)n4C)cc3)n(C)c2-c2ccc(N(C)C)cc2)cc1. The summed E-state index contributed by atoms with van der Waals surface area (Å²) in [6.07, 6.45) is 7.82. The molecular weight excluding hydrogens is 544 g/mol. The summed E-state index contributed by atoms with van der Waals surface area (Å²) in [5.41, 5.74) is 8.83. The van der Waals surface area contributed by atoms with Gasteiger partial charge in [-0.05, 0) is 47.5 Å². The number of benzene rings is 3. The van der Waals surface area contributed by atoms with Gasteiger partial charge in [0, 0.05) is 64.8 Å². The standard InChI is InChI=1S/C36H34N8/c1-41(2)29-17-13-27(14-18-29)35-36(28-15-19-30(20-16-28)42(3)4)44(6)34(40-35)22-12-26-9-7-25(8-10-26)11-21-33-39-31(23-37)32(24-38)43(33)5/h7-22H,1-6H3/b21-11+,22-12+. The highest BCUT2D eigenvalue weighted by Gasteiger charge is 2.17. The lowest BCUT2D eigenvalue weighted by Gasteiger charge is -2.14. The van der Waals surface area contributed by atoms with E-state index in [1.165, 1.54) is 0 Å². The van der Waals surface area contributed by atoms with Crippen LogP contribution in [0.4, 0.5) is 11.4 Å². The Morgan fingerprint density at radius 3 is 1.50 bits per heavy atom. The molecule has 0 N–H and O–H groups in total. The largest absolute Gasteiger partial charge is 0.378 e. The van der Waals surface area contributed by atoms with Gasteiger partial charge in [-0.25, -0.2) is 9.97 Å². The smallest absolute Gasteiger partial charge is 0.177 e. The quantitative estimate of drug-likeness (QED) is 0.203. The van der Waals surface area contributed by atoms with Crippen molar-refractivity contribution in [1.29, 1.82) is 10.5 Å². The van der Waals surface area contributed by atoms with Gasteiger partial charge in [-0.3, -0.25) is 0 Å². The first-order valence-electron chi connectivity index (χ1n) is 14.2. The first-order valence-corrected chi connectivity index (χ1v) is 14.2. The van der Waals surface area contributed by atoms with E-state index in [0.717, 1.165) is 50.8 Å². The van der Waals surface area contributed by atoms with Crippen molar-refractivity contribution in [2.75, 3.05) is 38.0 Å². The summed E-state index contributed by atoms with van der Waals surface area (Å²) in [7, 11) is 11.9. The predicted octanol–water partition coefficient (Wildman–Crippen LogP) is 6.70. The zero-order chi connectivity index (χ0) is 31.4. The van der Waals surface area contributed by atoms with Crippen molar-refractivity contribution in [3.05, 3.63) is 107 Å². The van der Waals surface area contributed by atoms with Crippen molar-refractivity contribution in [3.8, 4) is 34.7 Å². The predicted molar refractivity (Wildman–Crippen MR) is 180 cm³/mol. The third-order valence-electron chi connectivity index (χ3n) is 7.57. The van der Waals surface area contributed by atoms with E-state index in [9.17, 15) is 10.5 Å². The maximum Gasteiger partial charge on any atom is 0.177 e. The summed E-state index contributed by atoms with van der Waals surface area (Å²) in [5, 5.41) is 18.5. The van der Waals surface area contributed by atoms with Crippen molar-refractivity contribution in [2.24, 2.45) is 14.1 Å². The van der Waals surface area contributed by atoms with E-state index in [-0.39, 0.29) is 11.4 Å². The van der Waals surface area contributed by atoms with Crippen LogP contribution in [0.5, 0.6) is 0 Å². The molecule has 0 fully saturated rings. The van der Waals surface area contributed by atoms with Gasteiger partial charge >= 0.3 is 0 Å². The molecule has 8 nitrogen and oxygen atoms in total. The summed E-state index contributed by atoms with van der Waals surface area (Å²) in [5.74, 6) is 1.40. The van der Waals surface area contributed by atoms with Gasteiger partial charge in [0.2, 0.25) is 0 Å². The van der Waals surface area contributed by atoms with E-state index < -0.39 is 0 Å². The number of anilines is 2. The molecule has 44 heavy (non-hydrogen) atoms. The Labute approximate surface area is 258 Å². The normalized spacial score (nSPS) is 11.2. The summed E-state index contributed by atoms with van der Waals surface area (Å²) < 4.78 is 3.76. The lowest BCUT2D eigenvalue weighted by molar-refractivity contribution is 0.882. The number of rotatable bonds is 8. The monoisotopic (exact) mass is 578 g/mol. The Balaban J connectivity index is 1.44. The summed E-state index contributed by atoms with van der Waals surface area (Å²) >= 11 is 0. The second kappa shape index (κ2) is 12.6. The number of imidazole rings is 2. The fourth-order valence-electron chi connectivity index (χ4n) is 4.96. The van der Waals surface area contributed by atoms with Crippen molar-refractivity contribution in [3.63, 3.8) is 0 Å². The maximum atomic E-state index is 9.30.